The maximum atomic E-state index is 2.49. The fourth-order valence-corrected chi connectivity index (χ4v) is 4.07. The molecule has 1 heterocycles. The van der Waals surface area contributed by atoms with Crippen molar-refractivity contribution < 1.29 is 0 Å². The van der Waals surface area contributed by atoms with Crippen LogP contribution in [0.2, 0.25) is 0 Å². The van der Waals surface area contributed by atoms with Crippen molar-refractivity contribution in [2.45, 2.75) is 32.6 Å². The van der Waals surface area contributed by atoms with Crippen molar-refractivity contribution in [2.24, 2.45) is 11.3 Å². The highest BCUT2D eigenvalue weighted by atomic mass is 127. The molecule has 1 saturated heterocycles. The average molecular weight is 265 g/mol. The lowest BCUT2D eigenvalue weighted by Gasteiger charge is -2.49. The normalized spacial score (nSPS) is 37.1. The summed E-state index contributed by atoms with van der Waals surface area (Å²) >= 11 is 2.49. The van der Waals surface area contributed by atoms with Crippen LogP contribution in [0.3, 0.4) is 0 Å². The summed E-state index contributed by atoms with van der Waals surface area (Å²) in [6, 6.07) is 0. The van der Waals surface area contributed by atoms with Gasteiger partial charge in [-0.05, 0) is 30.6 Å². The van der Waals surface area contributed by atoms with E-state index in [1.165, 1.54) is 38.8 Å². The van der Waals surface area contributed by atoms with Crippen molar-refractivity contribution in [1.82, 2.24) is 3.11 Å². The van der Waals surface area contributed by atoms with Gasteiger partial charge < -0.3 is 0 Å². The molecule has 0 unspecified atom stereocenters. The molecule has 11 heavy (non-hydrogen) atoms. The Bertz CT molecular complexity index is 142. The van der Waals surface area contributed by atoms with Crippen molar-refractivity contribution in [3.05, 3.63) is 0 Å². The predicted molar refractivity (Wildman–Crippen MR) is 55.7 cm³/mol. The topological polar surface area (TPSA) is 3.24 Å². The van der Waals surface area contributed by atoms with E-state index in [-0.39, 0.29) is 0 Å². The summed E-state index contributed by atoms with van der Waals surface area (Å²) in [6.07, 6.45) is 5.97. The van der Waals surface area contributed by atoms with E-state index in [1.807, 2.05) is 0 Å². The van der Waals surface area contributed by atoms with E-state index in [9.17, 15) is 0 Å². The molecule has 0 aromatic rings. The summed E-state index contributed by atoms with van der Waals surface area (Å²) in [5.41, 5.74) is 0.763. The molecule has 0 N–H and O–H groups in total. The summed E-state index contributed by atoms with van der Waals surface area (Å²) in [5, 5.41) is 0. The van der Waals surface area contributed by atoms with Crippen LogP contribution in [0.4, 0.5) is 0 Å². The fourth-order valence-electron chi connectivity index (χ4n) is 2.67. The molecule has 0 amide bonds. The van der Waals surface area contributed by atoms with Gasteiger partial charge in [-0.2, -0.15) is 0 Å². The predicted octanol–water partition coefficient (Wildman–Crippen LogP) is 2.85. The van der Waals surface area contributed by atoms with Gasteiger partial charge in [0.2, 0.25) is 0 Å². The van der Waals surface area contributed by atoms with Crippen molar-refractivity contribution in [3.8, 4) is 0 Å². The van der Waals surface area contributed by atoms with Gasteiger partial charge in [-0.15, -0.1) is 0 Å². The van der Waals surface area contributed by atoms with E-state index in [0.29, 0.717) is 0 Å². The zero-order valence-corrected chi connectivity index (χ0v) is 9.30. The SMILES string of the molecule is C[C@@H]1CN(I)CC2(CCC2)C1. The third kappa shape index (κ3) is 1.57. The molecule has 1 saturated carbocycles. The lowest BCUT2D eigenvalue weighted by Crippen LogP contribution is -2.46. The number of hydrogen-bond acceptors (Lipinski definition) is 1. The summed E-state index contributed by atoms with van der Waals surface area (Å²) < 4.78 is 2.49. The molecule has 0 radical (unpaired) electrons. The first-order chi connectivity index (χ1) is 5.20. The minimum Gasteiger partial charge on any atom is -0.247 e. The zero-order valence-electron chi connectivity index (χ0n) is 7.15. The Kier molecular flexibility index (Phi) is 2.17. The van der Waals surface area contributed by atoms with Crippen LogP contribution >= 0.6 is 22.9 Å². The molecule has 2 rings (SSSR count). The minimum atomic E-state index is 0.763. The lowest BCUT2D eigenvalue weighted by atomic mass is 9.63. The number of nitrogens with zero attached hydrogens (tertiary/aromatic N) is 1. The van der Waals surface area contributed by atoms with Crippen LogP contribution in [0.15, 0.2) is 0 Å². The first-order valence-electron chi connectivity index (χ1n) is 4.61. The van der Waals surface area contributed by atoms with Crippen LogP contribution in [0.1, 0.15) is 32.6 Å². The number of hydrogen-bond donors (Lipinski definition) is 0. The summed E-state index contributed by atoms with van der Waals surface area (Å²) in [5.74, 6) is 0.931. The van der Waals surface area contributed by atoms with Gasteiger partial charge in [-0.25, -0.2) is 3.11 Å². The van der Waals surface area contributed by atoms with Crippen LogP contribution in [0.25, 0.3) is 0 Å². The monoisotopic (exact) mass is 265 g/mol. The van der Waals surface area contributed by atoms with Gasteiger partial charge in [0.15, 0.2) is 0 Å². The molecular weight excluding hydrogens is 249 g/mol. The van der Waals surface area contributed by atoms with Gasteiger partial charge in [0.25, 0.3) is 0 Å². The summed E-state index contributed by atoms with van der Waals surface area (Å²) in [7, 11) is 0. The van der Waals surface area contributed by atoms with Crippen molar-refractivity contribution in [2.75, 3.05) is 13.1 Å². The summed E-state index contributed by atoms with van der Waals surface area (Å²) in [4.78, 5) is 0. The highest BCUT2D eigenvalue weighted by Gasteiger charge is 2.42. The molecule has 0 aromatic heterocycles. The van der Waals surface area contributed by atoms with E-state index in [4.69, 9.17) is 0 Å². The van der Waals surface area contributed by atoms with Crippen molar-refractivity contribution >= 4 is 22.9 Å². The van der Waals surface area contributed by atoms with Gasteiger partial charge in [-0.1, -0.05) is 13.3 Å². The van der Waals surface area contributed by atoms with Gasteiger partial charge in [-0.3, -0.25) is 0 Å². The third-order valence-corrected chi connectivity index (χ3v) is 3.95. The average Bonchev–Trinajstić information content (AvgIpc) is 1.82. The van der Waals surface area contributed by atoms with E-state index < -0.39 is 0 Å². The van der Waals surface area contributed by atoms with Crippen LogP contribution in [-0.2, 0) is 0 Å². The van der Waals surface area contributed by atoms with E-state index in [1.54, 1.807) is 0 Å². The Morgan fingerprint density at radius 1 is 1.45 bits per heavy atom. The van der Waals surface area contributed by atoms with E-state index in [0.717, 1.165) is 11.3 Å². The standard InChI is InChI=1S/C9H16IN/c1-8-5-9(3-2-4-9)7-11(10)6-8/h8H,2-7H2,1H3/t8-/m0/s1. The van der Waals surface area contributed by atoms with Gasteiger partial charge in [0.1, 0.15) is 0 Å². The molecule has 64 valence electrons. The number of halogens is 1. The van der Waals surface area contributed by atoms with Crippen molar-refractivity contribution in [1.29, 1.82) is 0 Å². The molecule has 0 bridgehead atoms. The minimum absolute atomic E-state index is 0.763. The van der Waals surface area contributed by atoms with E-state index >= 15 is 0 Å². The van der Waals surface area contributed by atoms with Crippen LogP contribution in [-0.4, -0.2) is 16.2 Å². The largest absolute Gasteiger partial charge is 0.247 e. The Hall–Kier alpha value is 0.690. The Balaban J connectivity index is 2.00. The first-order valence-corrected chi connectivity index (χ1v) is 5.57. The maximum absolute atomic E-state index is 2.49. The lowest BCUT2D eigenvalue weighted by molar-refractivity contribution is 0.0401. The molecule has 0 aromatic carbocycles. The molecule has 1 aliphatic heterocycles. The third-order valence-electron chi connectivity index (χ3n) is 3.21. The Morgan fingerprint density at radius 2 is 2.18 bits per heavy atom. The second kappa shape index (κ2) is 2.87. The number of rotatable bonds is 0. The van der Waals surface area contributed by atoms with Crippen LogP contribution in [0.5, 0.6) is 0 Å². The fraction of sp³-hybridized carbons (Fsp3) is 1.00. The molecule has 2 heteroatoms. The molecule has 2 fully saturated rings. The molecule has 1 spiro atoms. The van der Waals surface area contributed by atoms with Crippen LogP contribution in [0, 0.1) is 11.3 Å². The number of piperidine rings is 1. The smallest absolute Gasteiger partial charge is 0.0201 e. The summed E-state index contributed by atoms with van der Waals surface area (Å²) in [6.45, 7) is 5.06. The van der Waals surface area contributed by atoms with Crippen molar-refractivity contribution in [3.63, 3.8) is 0 Å². The highest BCUT2D eigenvalue weighted by molar-refractivity contribution is 14.1. The van der Waals surface area contributed by atoms with Gasteiger partial charge in [0.05, 0.1) is 0 Å². The second-order valence-electron chi connectivity index (χ2n) is 4.47. The molecular formula is C9H16IN. The molecule has 1 nitrogen and oxygen atoms in total. The van der Waals surface area contributed by atoms with E-state index in [2.05, 4.69) is 32.9 Å². The van der Waals surface area contributed by atoms with Gasteiger partial charge >= 0.3 is 0 Å². The molecule has 1 atom stereocenters. The molecule has 1 aliphatic carbocycles. The highest BCUT2D eigenvalue weighted by Crippen LogP contribution is 2.49. The second-order valence-corrected chi connectivity index (χ2v) is 5.83. The zero-order chi connectivity index (χ0) is 7.90. The van der Waals surface area contributed by atoms with Crippen LogP contribution < -0.4 is 0 Å². The Labute approximate surface area is 83.0 Å². The quantitative estimate of drug-likeness (QED) is 0.481. The molecule has 2 aliphatic rings. The first kappa shape index (κ1) is 8.30. The van der Waals surface area contributed by atoms with Gasteiger partial charge in [0, 0.05) is 36.0 Å². The maximum Gasteiger partial charge on any atom is 0.0201 e. The Morgan fingerprint density at radius 3 is 2.64 bits per heavy atom.